The Bertz CT molecular complexity index is 467. The Kier molecular flexibility index (Phi) is 2.99. The maximum Gasteiger partial charge on any atom is 0.339 e. The number of carbonyl (C=O) groups is 1. The second-order valence-corrected chi connectivity index (χ2v) is 4.98. The molecule has 3 nitrogen and oxygen atoms in total. The summed E-state index contributed by atoms with van der Waals surface area (Å²) >= 11 is 7.04. The summed E-state index contributed by atoms with van der Waals surface area (Å²) < 4.78 is 13.6. The van der Waals surface area contributed by atoms with Crippen LogP contribution >= 0.6 is 23.4 Å². The fraction of sp³-hybridized carbons (Fsp3) is 0.300. The van der Waals surface area contributed by atoms with Gasteiger partial charge in [0.05, 0.1) is 10.7 Å². The predicted octanol–water partition coefficient (Wildman–Crippen LogP) is 2.72. The Morgan fingerprint density at radius 1 is 1.69 bits per heavy atom. The average molecular weight is 262 g/mol. The third kappa shape index (κ3) is 1.74. The number of halogens is 2. The van der Waals surface area contributed by atoms with Crippen molar-refractivity contribution in [2.45, 2.75) is 4.90 Å². The van der Waals surface area contributed by atoms with Crippen molar-refractivity contribution in [3.63, 3.8) is 0 Å². The molecular formula is C10H9ClFNO2S. The first-order valence-electron chi connectivity index (χ1n) is 4.61. The van der Waals surface area contributed by atoms with Crippen molar-refractivity contribution in [3.05, 3.63) is 22.5 Å². The molecule has 0 unspecified atom stereocenters. The third-order valence-corrected chi connectivity index (χ3v) is 3.81. The molecule has 0 radical (unpaired) electrons. The van der Waals surface area contributed by atoms with Crippen LogP contribution in [0.2, 0.25) is 5.02 Å². The Morgan fingerprint density at radius 3 is 3.00 bits per heavy atom. The molecule has 0 aromatic heterocycles. The molecule has 0 saturated carbocycles. The van der Waals surface area contributed by atoms with Crippen LogP contribution < -0.4 is 4.90 Å². The van der Waals surface area contributed by atoms with E-state index in [1.807, 2.05) is 11.9 Å². The molecule has 0 saturated heterocycles. The van der Waals surface area contributed by atoms with Gasteiger partial charge in [-0.25, -0.2) is 9.18 Å². The van der Waals surface area contributed by atoms with Gasteiger partial charge in [-0.05, 0) is 6.07 Å². The Balaban J connectivity index is 2.71. The smallest absolute Gasteiger partial charge is 0.339 e. The summed E-state index contributed by atoms with van der Waals surface area (Å²) in [6.07, 6.45) is 0. The number of carboxylic acids is 1. The van der Waals surface area contributed by atoms with Gasteiger partial charge in [-0.2, -0.15) is 0 Å². The number of hydrogen-bond donors (Lipinski definition) is 1. The van der Waals surface area contributed by atoms with Gasteiger partial charge in [-0.15, -0.1) is 11.8 Å². The van der Waals surface area contributed by atoms with E-state index in [2.05, 4.69) is 0 Å². The quantitative estimate of drug-likeness (QED) is 0.844. The van der Waals surface area contributed by atoms with Gasteiger partial charge in [0.15, 0.2) is 5.82 Å². The minimum Gasteiger partial charge on any atom is -0.478 e. The number of anilines is 1. The Labute approximate surface area is 101 Å². The fourth-order valence-electron chi connectivity index (χ4n) is 1.62. The van der Waals surface area contributed by atoms with Crippen LogP contribution in [0.25, 0.3) is 0 Å². The van der Waals surface area contributed by atoms with Gasteiger partial charge in [0.1, 0.15) is 5.56 Å². The zero-order chi connectivity index (χ0) is 11.9. The first-order chi connectivity index (χ1) is 7.52. The molecule has 1 aromatic rings. The minimum atomic E-state index is -1.28. The largest absolute Gasteiger partial charge is 0.478 e. The number of nitrogens with zero attached hydrogens (tertiary/aromatic N) is 1. The zero-order valence-corrected chi connectivity index (χ0v) is 10.0. The number of rotatable bonds is 1. The summed E-state index contributed by atoms with van der Waals surface area (Å²) in [6.45, 7) is 0.790. The molecule has 1 aliphatic heterocycles. The van der Waals surface area contributed by atoms with E-state index in [9.17, 15) is 9.18 Å². The van der Waals surface area contributed by atoms with E-state index in [4.69, 9.17) is 16.7 Å². The SMILES string of the molecule is CN1CCSc2c1cc(Cl)c(F)c2C(=O)O. The lowest BCUT2D eigenvalue weighted by Crippen LogP contribution is -2.25. The highest BCUT2D eigenvalue weighted by Gasteiger charge is 2.26. The molecule has 0 bridgehead atoms. The predicted molar refractivity (Wildman–Crippen MR) is 62.4 cm³/mol. The van der Waals surface area contributed by atoms with E-state index < -0.39 is 11.8 Å². The van der Waals surface area contributed by atoms with E-state index in [1.54, 1.807) is 0 Å². The molecule has 1 aliphatic rings. The molecule has 1 heterocycles. The normalized spacial score (nSPS) is 14.8. The molecule has 16 heavy (non-hydrogen) atoms. The van der Waals surface area contributed by atoms with Crippen molar-refractivity contribution in [2.24, 2.45) is 0 Å². The lowest BCUT2D eigenvalue weighted by molar-refractivity contribution is 0.0688. The van der Waals surface area contributed by atoms with Crippen LogP contribution in [0.3, 0.4) is 0 Å². The summed E-state index contributed by atoms with van der Waals surface area (Å²) in [7, 11) is 1.83. The number of hydrogen-bond acceptors (Lipinski definition) is 3. The Morgan fingerprint density at radius 2 is 2.38 bits per heavy atom. The molecular weight excluding hydrogens is 253 g/mol. The van der Waals surface area contributed by atoms with Crippen molar-refractivity contribution < 1.29 is 14.3 Å². The maximum absolute atomic E-state index is 13.6. The molecule has 6 heteroatoms. The second kappa shape index (κ2) is 4.14. The number of benzene rings is 1. The van der Waals surface area contributed by atoms with Crippen molar-refractivity contribution in [1.29, 1.82) is 0 Å². The van der Waals surface area contributed by atoms with Crippen molar-refractivity contribution >= 4 is 35.0 Å². The zero-order valence-electron chi connectivity index (χ0n) is 8.46. The van der Waals surface area contributed by atoms with Gasteiger partial charge in [0.2, 0.25) is 0 Å². The summed E-state index contributed by atoms with van der Waals surface area (Å²) in [6, 6.07) is 1.48. The van der Waals surface area contributed by atoms with Crippen LogP contribution in [0.1, 0.15) is 10.4 Å². The van der Waals surface area contributed by atoms with Crippen LogP contribution in [-0.2, 0) is 0 Å². The highest BCUT2D eigenvalue weighted by atomic mass is 35.5. The van der Waals surface area contributed by atoms with Gasteiger partial charge < -0.3 is 10.0 Å². The second-order valence-electron chi connectivity index (χ2n) is 3.47. The fourth-order valence-corrected chi connectivity index (χ4v) is 3.07. The molecule has 2 rings (SSSR count). The maximum atomic E-state index is 13.6. The van der Waals surface area contributed by atoms with Crippen molar-refractivity contribution in [1.82, 2.24) is 0 Å². The van der Waals surface area contributed by atoms with Crippen LogP contribution in [0.15, 0.2) is 11.0 Å². The van der Waals surface area contributed by atoms with Crippen LogP contribution in [0, 0.1) is 5.82 Å². The molecule has 86 valence electrons. The first-order valence-corrected chi connectivity index (χ1v) is 5.98. The topological polar surface area (TPSA) is 40.5 Å². The van der Waals surface area contributed by atoms with E-state index >= 15 is 0 Å². The number of carboxylic acid groups (broad SMARTS) is 1. The monoisotopic (exact) mass is 261 g/mol. The number of fused-ring (bicyclic) bond motifs is 1. The molecule has 1 aromatic carbocycles. The summed E-state index contributed by atoms with van der Waals surface area (Å²) in [5.41, 5.74) is 0.360. The van der Waals surface area contributed by atoms with Crippen LogP contribution in [-0.4, -0.2) is 30.4 Å². The summed E-state index contributed by atoms with van der Waals surface area (Å²) in [4.78, 5) is 13.4. The van der Waals surface area contributed by atoms with E-state index in [0.717, 1.165) is 12.3 Å². The van der Waals surface area contributed by atoms with Crippen LogP contribution in [0.4, 0.5) is 10.1 Å². The van der Waals surface area contributed by atoms with E-state index in [1.165, 1.54) is 17.8 Å². The van der Waals surface area contributed by atoms with E-state index in [0.29, 0.717) is 10.6 Å². The third-order valence-electron chi connectivity index (χ3n) is 2.45. The first kappa shape index (κ1) is 11.5. The van der Waals surface area contributed by atoms with Gasteiger partial charge >= 0.3 is 5.97 Å². The molecule has 0 fully saturated rings. The minimum absolute atomic E-state index is 0.148. The molecule has 0 aliphatic carbocycles. The van der Waals surface area contributed by atoms with Gasteiger partial charge in [0.25, 0.3) is 0 Å². The average Bonchev–Trinajstić information content (AvgIpc) is 2.21. The van der Waals surface area contributed by atoms with Crippen molar-refractivity contribution in [3.8, 4) is 0 Å². The lowest BCUT2D eigenvalue weighted by atomic mass is 10.1. The standard InChI is InChI=1S/C10H9ClFNO2S/c1-13-2-3-16-9-6(13)4-5(11)8(12)7(9)10(14)15/h4H,2-3H2,1H3,(H,14,15). The molecule has 0 spiro atoms. The van der Waals surface area contributed by atoms with E-state index in [-0.39, 0.29) is 10.6 Å². The van der Waals surface area contributed by atoms with Gasteiger partial charge in [-0.3, -0.25) is 0 Å². The summed E-state index contributed by atoms with van der Waals surface area (Å²) in [5.74, 6) is -1.39. The summed E-state index contributed by atoms with van der Waals surface area (Å²) in [5, 5.41) is 8.85. The lowest BCUT2D eigenvalue weighted by Gasteiger charge is -2.28. The van der Waals surface area contributed by atoms with Crippen molar-refractivity contribution in [2.75, 3.05) is 24.2 Å². The highest BCUT2D eigenvalue weighted by Crippen LogP contribution is 2.40. The number of aromatic carboxylic acids is 1. The molecule has 0 atom stereocenters. The van der Waals surface area contributed by atoms with Gasteiger partial charge in [0, 0.05) is 24.2 Å². The van der Waals surface area contributed by atoms with Gasteiger partial charge in [-0.1, -0.05) is 11.6 Å². The van der Waals surface area contributed by atoms with Crippen LogP contribution in [0.5, 0.6) is 0 Å². The highest BCUT2D eigenvalue weighted by molar-refractivity contribution is 7.99. The molecule has 0 amide bonds. The molecule has 1 N–H and O–H groups in total. The number of thioether (sulfide) groups is 1. The Hall–Kier alpha value is -0.940.